The lowest BCUT2D eigenvalue weighted by molar-refractivity contribution is -0.153. The van der Waals surface area contributed by atoms with Crippen LogP contribution in [-0.2, 0) is 27.5 Å². The van der Waals surface area contributed by atoms with Gasteiger partial charge in [0.15, 0.2) is 0 Å². The van der Waals surface area contributed by atoms with Gasteiger partial charge >= 0.3 is 0 Å². The summed E-state index contributed by atoms with van der Waals surface area (Å²) in [5, 5.41) is 2.90. The van der Waals surface area contributed by atoms with Crippen molar-refractivity contribution in [1.29, 1.82) is 0 Å². The van der Waals surface area contributed by atoms with Gasteiger partial charge in [0.2, 0.25) is 11.8 Å². The van der Waals surface area contributed by atoms with Crippen LogP contribution in [0.25, 0.3) is 0 Å². The molecule has 1 N–H and O–H groups in total. The van der Waals surface area contributed by atoms with Crippen LogP contribution in [-0.4, -0.2) is 67.6 Å². The molecule has 7 heteroatoms. The molecule has 0 spiro atoms. The predicted octanol–water partition coefficient (Wildman–Crippen LogP) is 1.15. The number of piperazine rings is 2. The second kappa shape index (κ2) is 8.71. The molecule has 0 radical (unpaired) electrons. The highest BCUT2D eigenvalue weighted by Gasteiger charge is 2.42. The van der Waals surface area contributed by atoms with Crippen LogP contribution in [0.1, 0.15) is 30.9 Å². The number of nitrogens with zero attached hydrogens (tertiary/aromatic N) is 2. The van der Waals surface area contributed by atoms with Gasteiger partial charge in [0.1, 0.15) is 17.8 Å². The zero-order valence-corrected chi connectivity index (χ0v) is 16.4. The lowest BCUT2D eigenvalue weighted by atomic mass is 10.0. The molecule has 0 saturated carbocycles. The van der Waals surface area contributed by atoms with Crippen molar-refractivity contribution < 1.29 is 19.1 Å². The van der Waals surface area contributed by atoms with Gasteiger partial charge in [-0.05, 0) is 24.1 Å². The van der Waals surface area contributed by atoms with Crippen molar-refractivity contribution in [3.63, 3.8) is 0 Å². The molecule has 0 aromatic heterocycles. The first-order valence-corrected chi connectivity index (χ1v) is 9.55. The van der Waals surface area contributed by atoms with Crippen molar-refractivity contribution in [3.05, 3.63) is 29.3 Å². The van der Waals surface area contributed by atoms with Gasteiger partial charge in [-0.25, -0.2) is 0 Å². The van der Waals surface area contributed by atoms with E-state index in [0.29, 0.717) is 26.1 Å². The molecule has 1 aromatic carbocycles. The summed E-state index contributed by atoms with van der Waals surface area (Å²) in [5.74, 6) is 0.838. The van der Waals surface area contributed by atoms with E-state index in [9.17, 15) is 9.59 Å². The largest absolute Gasteiger partial charge is 0.496 e. The molecule has 27 heavy (non-hydrogen) atoms. The van der Waals surface area contributed by atoms with Gasteiger partial charge in [0.05, 0.1) is 13.7 Å². The highest BCUT2D eigenvalue weighted by Crippen LogP contribution is 2.23. The summed E-state index contributed by atoms with van der Waals surface area (Å²) in [6.07, 6.45) is 1.58. The number of methoxy groups -OCH3 is 2. The van der Waals surface area contributed by atoms with E-state index in [1.807, 2.05) is 19.1 Å². The minimum atomic E-state index is -0.393. The minimum absolute atomic E-state index is 0.0347. The lowest BCUT2D eigenvalue weighted by Crippen LogP contribution is -2.69. The first-order valence-electron chi connectivity index (χ1n) is 9.55. The molecule has 1 aromatic rings. The highest BCUT2D eigenvalue weighted by atomic mass is 16.5. The van der Waals surface area contributed by atoms with Gasteiger partial charge in [0, 0.05) is 38.9 Å². The number of hydrogen-bond donors (Lipinski definition) is 1. The molecule has 7 nitrogen and oxygen atoms in total. The maximum absolute atomic E-state index is 12.6. The number of rotatable bonds is 7. The number of carbonyl (C=O) groups excluding carboxylic acids is 2. The number of hydrogen-bond acceptors (Lipinski definition) is 5. The van der Waals surface area contributed by atoms with Crippen LogP contribution in [0.4, 0.5) is 0 Å². The Morgan fingerprint density at radius 2 is 2.04 bits per heavy atom. The molecule has 2 atom stereocenters. The Labute approximate surface area is 160 Å². The molecule has 2 amide bonds. The zero-order valence-electron chi connectivity index (χ0n) is 16.4. The third-order valence-electron chi connectivity index (χ3n) is 5.29. The summed E-state index contributed by atoms with van der Waals surface area (Å²) < 4.78 is 10.6. The van der Waals surface area contributed by atoms with Gasteiger partial charge in [-0.15, -0.1) is 0 Å². The van der Waals surface area contributed by atoms with E-state index in [1.54, 1.807) is 19.1 Å². The quantitative estimate of drug-likeness (QED) is 0.774. The molecule has 0 bridgehead atoms. The second-order valence-corrected chi connectivity index (χ2v) is 7.21. The smallest absolute Gasteiger partial charge is 0.245 e. The van der Waals surface area contributed by atoms with Gasteiger partial charge in [-0.3, -0.25) is 14.5 Å². The van der Waals surface area contributed by atoms with E-state index < -0.39 is 6.04 Å². The van der Waals surface area contributed by atoms with Crippen LogP contribution < -0.4 is 10.1 Å². The molecule has 148 valence electrons. The lowest BCUT2D eigenvalue weighted by Gasteiger charge is -2.45. The van der Waals surface area contributed by atoms with Crippen molar-refractivity contribution in [2.75, 3.05) is 33.9 Å². The fourth-order valence-electron chi connectivity index (χ4n) is 3.94. The molecule has 3 rings (SSSR count). The van der Waals surface area contributed by atoms with Crippen molar-refractivity contribution in [2.45, 2.75) is 45.0 Å². The van der Waals surface area contributed by atoms with E-state index >= 15 is 0 Å². The maximum atomic E-state index is 12.6. The number of carbonyl (C=O) groups is 2. The van der Waals surface area contributed by atoms with Gasteiger partial charge < -0.3 is 19.7 Å². The molecular formula is C20H29N3O4. The van der Waals surface area contributed by atoms with Crippen molar-refractivity contribution in [3.8, 4) is 5.75 Å². The summed E-state index contributed by atoms with van der Waals surface area (Å²) in [4.78, 5) is 29.1. The summed E-state index contributed by atoms with van der Waals surface area (Å²) in [7, 11) is 3.31. The van der Waals surface area contributed by atoms with E-state index in [4.69, 9.17) is 9.47 Å². The van der Waals surface area contributed by atoms with Crippen molar-refractivity contribution >= 4 is 11.8 Å². The Morgan fingerprint density at radius 3 is 2.74 bits per heavy atom. The Morgan fingerprint density at radius 1 is 1.22 bits per heavy atom. The molecule has 2 heterocycles. The van der Waals surface area contributed by atoms with E-state index in [2.05, 4.69) is 16.3 Å². The number of ether oxygens (including phenoxy) is 2. The monoisotopic (exact) mass is 375 g/mol. The average molecular weight is 375 g/mol. The number of fused-ring (bicyclic) bond motifs is 1. The molecule has 2 saturated heterocycles. The molecular weight excluding hydrogens is 346 g/mol. The Balaban J connectivity index is 1.67. The summed E-state index contributed by atoms with van der Waals surface area (Å²) in [5.41, 5.74) is 2.15. The molecule has 2 aliphatic heterocycles. The number of benzene rings is 1. The van der Waals surface area contributed by atoms with E-state index in [-0.39, 0.29) is 17.9 Å². The van der Waals surface area contributed by atoms with Gasteiger partial charge in [-0.2, -0.15) is 0 Å². The van der Waals surface area contributed by atoms with E-state index in [1.165, 1.54) is 0 Å². The normalized spacial score (nSPS) is 23.1. The summed E-state index contributed by atoms with van der Waals surface area (Å²) in [6, 6.07) is 5.32. The molecule has 0 unspecified atom stereocenters. The summed E-state index contributed by atoms with van der Waals surface area (Å²) >= 11 is 0. The number of nitrogens with one attached hydrogen (secondary N) is 1. The van der Waals surface area contributed by atoms with Crippen LogP contribution >= 0.6 is 0 Å². The van der Waals surface area contributed by atoms with Crippen molar-refractivity contribution in [2.24, 2.45) is 0 Å². The zero-order chi connectivity index (χ0) is 19.4. The Hall–Kier alpha value is -2.12. The van der Waals surface area contributed by atoms with Crippen LogP contribution in [0.3, 0.4) is 0 Å². The van der Waals surface area contributed by atoms with Crippen LogP contribution in [0, 0.1) is 0 Å². The van der Waals surface area contributed by atoms with Crippen molar-refractivity contribution in [1.82, 2.24) is 15.1 Å². The predicted molar refractivity (Wildman–Crippen MR) is 101 cm³/mol. The summed E-state index contributed by atoms with van der Waals surface area (Å²) in [6.45, 7) is 5.16. The maximum Gasteiger partial charge on any atom is 0.245 e. The second-order valence-electron chi connectivity index (χ2n) is 7.21. The molecule has 2 fully saturated rings. The first kappa shape index (κ1) is 19.6. The van der Waals surface area contributed by atoms with Crippen LogP contribution in [0.15, 0.2) is 18.2 Å². The van der Waals surface area contributed by atoms with Crippen LogP contribution in [0.2, 0.25) is 0 Å². The fourth-order valence-corrected chi connectivity index (χ4v) is 3.94. The first-order chi connectivity index (χ1) is 13.1. The third-order valence-corrected chi connectivity index (χ3v) is 5.29. The minimum Gasteiger partial charge on any atom is -0.496 e. The third kappa shape index (κ3) is 4.25. The van der Waals surface area contributed by atoms with Crippen LogP contribution in [0.5, 0.6) is 5.75 Å². The standard InChI is InChI=1S/C20H29N3O4/c1-4-5-16-20(25)23-9-8-22(12-17(23)19(24)21-16)11-14-6-7-18(27-3)15(10-14)13-26-2/h6-7,10,16-17H,4-5,8-9,11-13H2,1-3H3,(H,21,24)/t16-,17+/m0/s1. The average Bonchev–Trinajstić information content (AvgIpc) is 2.67. The fraction of sp³-hybridized carbons (Fsp3) is 0.600. The SMILES string of the molecule is CCC[C@@H]1NC(=O)[C@H]2CN(Cc3ccc(OC)c(COC)c3)CCN2C1=O. The molecule has 0 aliphatic carbocycles. The molecule has 2 aliphatic rings. The Bertz CT molecular complexity index is 694. The topological polar surface area (TPSA) is 71.1 Å². The Kier molecular flexibility index (Phi) is 6.34. The van der Waals surface area contributed by atoms with Gasteiger partial charge in [-0.1, -0.05) is 19.4 Å². The number of amides is 2. The van der Waals surface area contributed by atoms with Gasteiger partial charge in [0.25, 0.3) is 0 Å². The highest BCUT2D eigenvalue weighted by molar-refractivity contribution is 5.97. The van der Waals surface area contributed by atoms with E-state index in [0.717, 1.165) is 36.4 Å².